The molecule has 0 aromatic rings. The molecule has 0 aromatic carbocycles. The van der Waals surface area contributed by atoms with Gasteiger partial charge >= 0.3 is 0 Å². The largest absolute Gasteiger partial charge is 0.346 e. The van der Waals surface area contributed by atoms with Gasteiger partial charge in [-0.15, -0.1) is 0 Å². The maximum atomic E-state index is 11.4. The van der Waals surface area contributed by atoms with Gasteiger partial charge in [0, 0.05) is 13.1 Å². The van der Waals surface area contributed by atoms with Crippen LogP contribution in [0.1, 0.15) is 19.3 Å². The molecule has 0 unspecified atom stereocenters. The quantitative estimate of drug-likeness (QED) is 0.668. The molecule has 1 rings (SSSR count). The van der Waals surface area contributed by atoms with Crippen molar-refractivity contribution in [3.63, 3.8) is 0 Å². The smallest absolute Gasteiger partial charge is 0.241 e. The zero-order chi connectivity index (χ0) is 10.4. The molecule has 0 spiro atoms. The van der Waals surface area contributed by atoms with Gasteiger partial charge in [0.25, 0.3) is 0 Å². The Hall–Kier alpha value is -1.57. The maximum absolute atomic E-state index is 11.4. The first kappa shape index (κ1) is 10.5. The minimum absolute atomic E-state index is 0.0144. The lowest BCUT2D eigenvalue weighted by Crippen LogP contribution is -2.38. The van der Waals surface area contributed by atoms with Crippen LogP contribution in [0.5, 0.6) is 0 Å². The molecule has 0 saturated carbocycles. The van der Waals surface area contributed by atoms with Crippen molar-refractivity contribution in [2.75, 3.05) is 19.6 Å². The molecule has 1 heterocycles. The van der Waals surface area contributed by atoms with Crippen molar-refractivity contribution in [3.05, 3.63) is 0 Å². The molecule has 0 aromatic heterocycles. The van der Waals surface area contributed by atoms with E-state index in [-0.39, 0.29) is 24.8 Å². The number of carbonyl (C=O) groups is 2. The number of hydrogen-bond donors (Lipinski definition) is 1. The summed E-state index contributed by atoms with van der Waals surface area (Å²) in [6.45, 7) is 1.58. The van der Waals surface area contributed by atoms with E-state index in [1.54, 1.807) is 11.0 Å². The fraction of sp³-hybridized carbons (Fsp3) is 0.667. The standard InChI is InChI=1S/C9H13N3O2/c10-4-3-8(13)11-7-9(14)12-5-1-2-6-12/h1-3,5-7H2,(H,11,13). The summed E-state index contributed by atoms with van der Waals surface area (Å²) in [6.07, 6.45) is 1.89. The Bertz CT molecular complexity index is 264. The Morgan fingerprint density at radius 1 is 1.36 bits per heavy atom. The van der Waals surface area contributed by atoms with Crippen LogP contribution in [0.25, 0.3) is 0 Å². The topological polar surface area (TPSA) is 73.2 Å². The van der Waals surface area contributed by atoms with Gasteiger partial charge in [-0.1, -0.05) is 0 Å². The maximum Gasteiger partial charge on any atom is 0.241 e. The molecule has 0 aliphatic carbocycles. The van der Waals surface area contributed by atoms with Crippen LogP contribution in [0.15, 0.2) is 0 Å². The monoisotopic (exact) mass is 195 g/mol. The number of hydrogen-bond acceptors (Lipinski definition) is 3. The predicted molar refractivity (Wildman–Crippen MR) is 49.1 cm³/mol. The van der Waals surface area contributed by atoms with Gasteiger partial charge in [0.05, 0.1) is 12.6 Å². The highest BCUT2D eigenvalue weighted by Gasteiger charge is 2.17. The first-order valence-corrected chi connectivity index (χ1v) is 4.65. The second kappa shape index (κ2) is 5.22. The minimum Gasteiger partial charge on any atom is -0.346 e. The molecule has 0 atom stereocenters. The summed E-state index contributed by atoms with van der Waals surface area (Å²) in [5.41, 5.74) is 0. The first-order chi connectivity index (χ1) is 6.74. The third-order valence-electron chi connectivity index (χ3n) is 2.14. The van der Waals surface area contributed by atoms with E-state index < -0.39 is 0 Å². The molecule has 1 fully saturated rings. The number of rotatable bonds is 3. The number of nitrogens with zero attached hydrogens (tertiary/aromatic N) is 2. The van der Waals surface area contributed by atoms with E-state index in [9.17, 15) is 9.59 Å². The predicted octanol–water partition coefficient (Wildman–Crippen LogP) is -0.361. The number of nitriles is 1. The molecule has 0 radical (unpaired) electrons. The molecule has 5 heteroatoms. The molecule has 1 saturated heterocycles. The van der Waals surface area contributed by atoms with E-state index in [2.05, 4.69) is 5.32 Å². The lowest BCUT2D eigenvalue weighted by Gasteiger charge is -2.14. The molecular formula is C9H13N3O2. The minimum atomic E-state index is -0.389. The van der Waals surface area contributed by atoms with Crippen LogP contribution < -0.4 is 5.32 Å². The highest BCUT2D eigenvalue weighted by Crippen LogP contribution is 2.06. The Morgan fingerprint density at radius 2 is 2.00 bits per heavy atom. The van der Waals surface area contributed by atoms with Gasteiger partial charge in [-0.05, 0) is 12.8 Å². The number of amides is 2. The molecule has 1 aliphatic heterocycles. The zero-order valence-electron chi connectivity index (χ0n) is 7.95. The van der Waals surface area contributed by atoms with Crippen LogP contribution in [0.2, 0.25) is 0 Å². The van der Waals surface area contributed by atoms with Crippen LogP contribution in [-0.2, 0) is 9.59 Å². The van der Waals surface area contributed by atoms with Crippen LogP contribution in [0, 0.1) is 11.3 Å². The summed E-state index contributed by atoms with van der Waals surface area (Å²) in [4.78, 5) is 24.0. The summed E-state index contributed by atoms with van der Waals surface area (Å²) >= 11 is 0. The molecular weight excluding hydrogens is 182 g/mol. The van der Waals surface area contributed by atoms with Gasteiger partial charge in [-0.3, -0.25) is 9.59 Å². The Kier molecular flexibility index (Phi) is 3.92. The molecule has 5 nitrogen and oxygen atoms in total. The third-order valence-corrected chi connectivity index (χ3v) is 2.14. The van der Waals surface area contributed by atoms with Crippen LogP contribution in [0.4, 0.5) is 0 Å². The zero-order valence-corrected chi connectivity index (χ0v) is 7.95. The van der Waals surface area contributed by atoms with E-state index in [4.69, 9.17) is 5.26 Å². The average Bonchev–Trinajstić information content (AvgIpc) is 2.67. The molecule has 2 amide bonds. The van der Waals surface area contributed by atoms with Crippen LogP contribution in [-0.4, -0.2) is 36.3 Å². The van der Waals surface area contributed by atoms with Crippen molar-refractivity contribution in [2.24, 2.45) is 0 Å². The second-order valence-corrected chi connectivity index (χ2v) is 3.20. The SMILES string of the molecule is N#CCC(=O)NCC(=O)N1CCCC1. The lowest BCUT2D eigenvalue weighted by atomic mass is 10.4. The third kappa shape index (κ3) is 3.05. The molecule has 14 heavy (non-hydrogen) atoms. The van der Waals surface area contributed by atoms with Crippen molar-refractivity contribution >= 4 is 11.8 Å². The van der Waals surface area contributed by atoms with E-state index in [1.807, 2.05) is 0 Å². The molecule has 76 valence electrons. The van der Waals surface area contributed by atoms with Crippen LogP contribution in [0.3, 0.4) is 0 Å². The van der Waals surface area contributed by atoms with Gasteiger partial charge in [0.15, 0.2) is 0 Å². The normalized spacial score (nSPS) is 14.9. The van der Waals surface area contributed by atoms with Crippen molar-refractivity contribution < 1.29 is 9.59 Å². The van der Waals surface area contributed by atoms with E-state index in [1.165, 1.54) is 0 Å². The Labute approximate surface area is 82.7 Å². The summed E-state index contributed by atoms with van der Waals surface area (Å²) in [6, 6.07) is 1.72. The van der Waals surface area contributed by atoms with Crippen molar-refractivity contribution in [1.82, 2.24) is 10.2 Å². The first-order valence-electron chi connectivity index (χ1n) is 4.65. The molecule has 1 aliphatic rings. The highest BCUT2D eigenvalue weighted by molar-refractivity contribution is 5.85. The van der Waals surface area contributed by atoms with Gasteiger partial charge in [-0.25, -0.2) is 0 Å². The fourth-order valence-electron chi connectivity index (χ4n) is 1.39. The Balaban J connectivity index is 2.21. The van der Waals surface area contributed by atoms with Gasteiger partial charge in [0.1, 0.15) is 6.42 Å². The number of likely N-dealkylation sites (tertiary alicyclic amines) is 1. The van der Waals surface area contributed by atoms with E-state index >= 15 is 0 Å². The lowest BCUT2D eigenvalue weighted by molar-refractivity contribution is -0.131. The van der Waals surface area contributed by atoms with Crippen LogP contribution >= 0.6 is 0 Å². The van der Waals surface area contributed by atoms with Crippen molar-refractivity contribution in [1.29, 1.82) is 5.26 Å². The summed E-state index contributed by atoms with van der Waals surface area (Å²) in [5, 5.41) is 10.6. The summed E-state index contributed by atoms with van der Waals surface area (Å²) < 4.78 is 0. The Morgan fingerprint density at radius 3 is 2.57 bits per heavy atom. The second-order valence-electron chi connectivity index (χ2n) is 3.20. The summed E-state index contributed by atoms with van der Waals surface area (Å²) in [7, 11) is 0. The van der Waals surface area contributed by atoms with Crippen molar-refractivity contribution in [3.8, 4) is 6.07 Å². The molecule has 1 N–H and O–H groups in total. The summed E-state index contributed by atoms with van der Waals surface area (Å²) in [5.74, 6) is -0.450. The van der Waals surface area contributed by atoms with E-state index in [0.717, 1.165) is 25.9 Å². The fourth-order valence-corrected chi connectivity index (χ4v) is 1.39. The number of carbonyl (C=O) groups excluding carboxylic acids is 2. The van der Waals surface area contributed by atoms with Gasteiger partial charge in [0.2, 0.25) is 11.8 Å². The van der Waals surface area contributed by atoms with Gasteiger partial charge < -0.3 is 10.2 Å². The van der Waals surface area contributed by atoms with Gasteiger partial charge in [-0.2, -0.15) is 5.26 Å². The van der Waals surface area contributed by atoms with E-state index in [0.29, 0.717) is 0 Å². The highest BCUT2D eigenvalue weighted by atomic mass is 16.2. The average molecular weight is 195 g/mol. The number of nitrogens with one attached hydrogen (secondary N) is 1. The molecule has 0 bridgehead atoms. The van der Waals surface area contributed by atoms with Crippen molar-refractivity contribution in [2.45, 2.75) is 19.3 Å².